The van der Waals surface area contributed by atoms with Gasteiger partial charge in [-0.15, -0.1) is 0 Å². The third kappa shape index (κ3) is 2.32. The van der Waals surface area contributed by atoms with Crippen LogP contribution in [0.5, 0.6) is 0 Å². The zero-order chi connectivity index (χ0) is 8.97. The van der Waals surface area contributed by atoms with Gasteiger partial charge in [-0.05, 0) is 18.6 Å². The van der Waals surface area contributed by atoms with Crippen LogP contribution in [0.25, 0.3) is 0 Å². The first-order chi connectivity index (χ1) is 5.72. The van der Waals surface area contributed by atoms with E-state index in [4.69, 9.17) is 5.21 Å². The van der Waals surface area contributed by atoms with Gasteiger partial charge in [0.25, 0.3) is 0 Å². The van der Waals surface area contributed by atoms with Crippen LogP contribution in [-0.2, 0) is 11.2 Å². The van der Waals surface area contributed by atoms with Gasteiger partial charge in [0, 0.05) is 11.9 Å². The van der Waals surface area contributed by atoms with E-state index in [2.05, 4.69) is 4.98 Å². The van der Waals surface area contributed by atoms with Crippen LogP contribution in [0, 0.1) is 6.92 Å². The lowest BCUT2D eigenvalue weighted by atomic mass is 10.2. The van der Waals surface area contributed by atoms with Crippen molar-refractivity contribution >= 4 is 5.91 Å². The number of amides is 1. The van der Waals surface area contributed by atoms with Gasteiger partial charge in [-0.25, -0.2) is 5.48 Å². The second-order valence-corrected chi connectivity index (χ2v) is 2.52. The second-order valence-electron chi connectivity index (χ2n) is 2.52. The van der Waals surface area contributed by atoms with E-state index in [0.717, 1.165) is 11.3 Å². The average Bonchev–Trinajstić information content (AvgIpc) is 2.09. The Morgan fingerprint density at radius 2 is 2.42 bits per heavy atom. The average molecular weight is 166 g/mol. The highest BCUT2D eigenvalue weighted by Gasteiger charge is 2.00. The molecule has 0 aromatic carbocycles. The molecule has 0 aliphatic carbocycles. The lowest BCUT2D eigenvalue weighted by Gasteiger charge is -1.98. The van der Waals surface area contributed by atoms with Crippen LogP contribution in [-0.4, -0.2) is 16.1 Å². The zero-order valence-electron chi connectivity index (χ0n) is 6.74. The van der Waals surface area contributed by atoms with Crippen molar-refractivity contribution in [2.45, 2.75) is 13.3 Å². The third-order valence-electron chi connectivity index (χ3n) is 1.46. The Morgan fingerprint density at radius 1 is 1.67 bits per heavy atom. The summed E-state index contributed by atoms with van der Waals surface area (Å²) in [4.78, 5) is 14.7. The van der Waals surface area contributed by atoms with E-state index in [9.17, 15) is 4.79 Å². The molecule has 4 heteroatoms. The van der Waals surface area contributed by atoms with Crippen molar-refractivity contribution in [1.82, 2.24) is 10.5 Å². The van der Waals surface area contributed by atoms with Crippen molar-refractivity contribution in [3.63, 3.8) is 0 Å². The Hall–Kier alpha value is -1.42. The first-order valence-corrected chi connectivity index (χ1v) is 3.57. The zero-order valence-corrected chi connectivity index (χ0v) is 6.74. The molecule has 0 aliphatic heterocycles. The highest BCUT2D eigenvalue weighted by Crippen LogP contribution is 1.99. The van der Waals surface area contributed by atoms with Crippen molar-refractivity contribution in [3.8, 4) is 0 Å². The van der Waals surface area contributed by atoms with Gasteiger partial charge in [0.2, 0.25) is 5.91 Å². The second kappa shape index (κ2) is 3.82. The maximum absolute atomic E-state index is 10.7. The maximum atomic E-state index is 10.7. The summed E-state index contributed by atoms with van der Waals surface area (Å²) in [6, 6.07) is 3.62. The standard InChI is InChI=1S/C8H10N2O2/c1-6-2-3-7(5-9-6)4-8(11)10-12/h2-3,5,12H,4H2,1H3,(H,10,11). The first kappa shape index (κ1) is 8.67. The number of hydrogen-bond acceptors (Lipinski definition) is 3. The molecule has 2 N–H and O–H groups in total. The summed E-state index contributed by atoms with van der Waals surface area (Å²) in [6.45, 7) is 1.87. The molecule has 0 atom stereocenters. The summed E-state index contributed by atoms with van der Waals surface area (Å²) in [5.74, 6) is -0.430. The van der Waals surface area contributed by atoms with Crippen molar-refractivity contribution in [2.75, 3.05) is 0 Å². The van der Waals surface area contributed by atoms with Crippen molar-refractivity contribution in [3.05, 3.63) is 29.6 Å². The molecule has 0 saturated heterocycles. The number of rotatable bonds is 2. The molecule has 0 unspecified atom stereocenters. The van der Waals surface area contributed by atoms with Gasteiger partial charge in [-0.3, -0.25) is 15.0 Å². The highest BCUT2D eigenvalue weighted by atomic mass is 16.5. The number of carbonyl (C=O) groups excluding carboxylic acids is 1. The fraction of sp³-hybridized carbons (Fsp3) is 0.250. The number of aromatic nitrogens is 1. The predicted octanol–water partition coefficient (Wildman–Crippen LogP) is 0.438. The maximum Gasteiger partial charge on any atom is 0.247 e. The molecule has 0 radical (unpaired) electrons. The van der Waals surface area contributed by atoms with Crippen LogP contribution in [0.4, 0.5) is 0 Å². The van der Waals surface area contributed by atoms with Gasteiger partial charge in [0.05, 0.1) is 6.42 Å². The molecular formula is C8H10N2O2. The summed E-state index contributed by atoms with van der Waals surface area (Å²) in [6.07, 6.45) is 1.77. The lowest BCUT2D eigenvalue weighted by molar-refractivity contribution is -0.128. The van der Waals surface area contributed by atoms with Crippen LogP contribution >= 0.6 is 0 Å². The normalized spacial score (nSPS) is 9.50. The molecule has 0 fully saturated rings. The minimum Gasteiger partial charge on any atom is -0.289 e. The smallest absolute Gasteiger partial charge is 0.247 e. The van der Waals surface area contributed by atoms with Crippen LogP contribution in [0.15, 0.2) is 18.3 Å². The quantitative estimate of drug-likeness (QED) is 0.495. The van der Waals surface area contributed by atoms with Gasteiger partial charge >= 0.3 is 0 Å². The minimum atomic E-state index is -0.430. The van der Waals surface area contributed by atoms with E-state index in [-0.39, 0.29) is 6.42 Å². The molecule has 1 heterocycles. The van der Waals surface area contributed by atoms with Crippen LogP contribution in [0.3, 0.4) is 0 Å². The van der Waals surface area contributed by atoms with Crippen LogP contribution in [0.2, 0.25) is 0 Å². The lowest BCUT2D eigenvalue weighted by Crippen LogP contribution is -2.20. The summed E-state index contributed by atoms with van der Waals surface area (Å²) in [5.41, 5.74) is 3.25. The van der Waals surface area contributed by atoms with Gasteiger partial charge in [-0.2, -0.15) is 0 Å². The van der Waals surface area contributed by atoms with Gasteiger partial charge in [0.1, 0.15) is 0 Å². The molecule has 1 rings (SSSR count). The fourth-order valence-corrected chi connectivity index (χ4v) is 0.828. The molecule has 1 aromatic heterocycles. The number of hydroxylamine groups is 1. The number of pyridine rings is 1. The molecule has 0 saturated carbocycles. The monoisotopic (exact) mass is 166 g/mol. The molecule has 0 bridgehead atoms. The molecule has 64 valence electrons. The molecule has 12 heavy (non-hydrogen) atoms. The van der Waals surface area contributed by atoms with E-state index in [0.29, 0.717) is 0 Å². The number of aryl methyl sites for hydroxylation is 1. The molecule has 4 nitrogen and oxygen atoms in total. The van der Waals surface area contributed by atoms with E-state index in [1.165, 1.54) is 0 Å². The van der Waals surface area contributed by atoms with E-state index < -0.39 is 5.91 Å². The molecule has 1 amide bonds. The number of nitrogens with zero attached hydrogens (tertiary/aromatic N) is 1. The highest BCUT2D eigenvalue weighted by molar-refractivity contribution is 5.77. The summed E-state index contributed by atoms with van der Waals surface area (Å²) in [7, 11) is 0. The van der Waals surface area contributed by atoms with Crippen molar-refractivity contribution in [1.29, 1.82) is 0 Å². The Morgan fingerprint density at radius 3 is 2.92 bits per heavy atom. The summed E-state index contributed by atoms with van der Waals surface area (Å²) in [5, 5.41) is 8.23. The van der Waals surface area contributed by atoms with Gasteiger partial charge in [0.15, 0.2) is 0 Å². The van der Waals surface area contributed by atoms with E-state index in [1.807, 2.05) is 13.0 Å². The number of nitrogens with one attached hydrogen (secondary N) is 1. The van der Waals surface area contributed by atoms with E-state index >= 15 is 0 Å². The van der Waals surface area contributed by atoms with Crippen molar-refractivity contribution < 1.29 is 10.0 Å². The summed E-state index contributed by atoms with van der Waals surface area (Å²) >= 11 is 0. The largest absolute Gasteiger partial charge is 0.289 e. The number of carbonyl (C=O) groups is 1. The number of hydrogen-bond donors (Lipinski definition) is 2. The van der Waals surface area contributed by atoms with Crippen LogP contribution in [0.1, 0.15) is 11.3 Å². The SMILES string of the molecule is Cc1ccc(CC(=O)NO)cn1. The Bertz CT molecular complexity index is 269. The Labute approximate surface area is 70.2 Å². The minimum absolute atomic E-state index is 0.157. The molecule has 1 aromatic rings. The summed E-state index contributed by atoms with van der Waals surface area (Å²) < 4.78 is 0. The predicted molar refractivity (Wildman–Crippen MR) is 42.6 cm³/mol. The molecule has 0 spiro atoms. The first-order valence-electron chi connectivity index (χ1n) is 3.57. The molecule has 0 aliphatic rings. The Kier molecular flexibility index (Phi) is 2.76. The Balaban J connectivity index is 2.64. The molecular weight excluding hydrogens is 156 g/mol. The van der Waals surface area contributed by atoms with Crippen molar-refractivity contribution in [2.24, 2.45) is 0 Å². The van der Waals surface area contributed by atoms with Gasteiger partial charge in [-0.1, -0.05) is 6.07 Å². The van der Waals surface area contributed by atoms with Crippen LogP contribution < -0.4 is 5.48 Å². The topological polar surface area (TPSA) is 62.2 Å². The fourth-order valence-electron chi connectivity index (χ4n) is 0.828. The van der Waals surface area contributed by atoms with E-state index in [1.54, 1.807) is 17.7 Å². The van der Waals surface area contributed by atoms with Gasteiger partial charge < -0.3 is 0 Å². The third-order valence-corrected chi connectivity index (χ3v) is 1.46.